The summed E-state index contributed by atoms with van der Waals surface area (Å²) in [6.45, 7) is 4.59. The average Bonchev–Trinajstić information content (AvgIpc) is 2.64. The molecule has 0 aliphatic heterocycles. The van der Waals surface area contributed by atoms with Crippen LogP contribution in [0.1, 0.15) is 110 Å². The maximum atomic E-state index is 12.6. The van der Waals surface area contributed by atoms with E-state index in [1.165, 1.54) is 43.4 Å². The van der Waals surface area contributed by atoms with Crippen LogP contribution in [-0.2, 0) is 14.4 Å². The van der Waals surface area contributed by atoms with E-state index >= 15 is 0 Å². The van der Waals surface area contributed by atoms with Crippen LogP contribution in [0, 0.1) is 0 Å². The van der Waals surface area contributed by atoms with Gasteiger partial charge < -0.3 is 19.9 Å². The quantitative estimate of drug-likeness (QED) is 0.239. The topological polar surface area (TPSA) is 97.7 Å². The Morgan fingerprint density at radius 1 is 0.793 bits per heavy atom. The fraction of sp³-hybridized carbons (Fsp3) is 0.864. The van der Waals surface area contributed by atoms with Crippen molar-refractivity contribution in [3.8, 4) is 0 Å². The Kier molecular flexibility index (Phi) is 22.9. The molecule has 6 nitrogen and oxygen atoms in total. The molecule has 7 heteroatoms. The van der Waals surface area contributed by atoms with Gasteiger partial charge in [-0.05, 0) is 19.3 Å². The minimum atomic E-state index is -1.36. The van der Waals surface area contributed by atoms with Gasteiger partial charge in [0.1, 0.15) is 0 Å². The molecule has 0 aromatic carbocycles. The molecule has 0 spiro atoms. The van der Waals surface area contributed by atoms with Crippen LogP contribution in [0.3, 0.4) is 0 Å². The van der Waals surface area contributed by atoms with Crippen molar-refractivity contribution in [1.29, 1.82) is 0 Å². The Bertz CT molecular complexity index is 445. The molecule has 0 aromatic heterocycles. The zero-order chi connectivity index (χ0) is 21.2. The average molecular weight is 438 g/mol. The van der Waals surface area contributed by atoms with Crippen LogP contribution < -0.4 is 56.5 Å². The summed E-state index contributed by atoms with van der Waals surface area (Å²) < 4.78 is 0. The van der Waals surface area contributed by atoms with Crippen molar-refractivity contribution in [3.63, 3.8) is 0 Å². The van der Waals surface area contributed by atoms with Crippen LogP contribution in [0.2, 0.25) is 0 Å². The van der Waals surface area contributed by atoms with E-state index in [1.807, 2.05) is 6.92 Å². The summed E-state index contributed by atoms with van der Waals surface area (Å²) in [6.07, 6.45) is 12.8. The molecule has 0 bridgehead atoms. The Hall–Kier alpha value is 0.0464. The third kappa shape index (κ3) is 17.4. The number of carbonyl (C=O) groups is 3. The smallest absolute Gasteiger partial charge is 0.548 e. The number of carboxylic acid groups (broad SMARTS) is 2. The van der Waals surface area contributed by atoms with E-state index in [1.54, 1.807) is 0 Å². The standard InChI is InChI=1S/C22H41NO5.K/c1-3-5-7-8-9-10-11-12-13-15-20(24)23(18-14-6-4-2)19(22(27)28)16-17-21(25)26;/h19H,3-18H2,1-2H3,(H,25,26)(H,27,28);/q;+1/p-1/t19-;/m0./s1. The second-order valence-electron chi connectivity index (χ2n) is 7.64. The number of unbranched alkanes of at least 4 members (excludes halogenated alkanes) is 10. The molecule has 0 radical (unpaired) electrons. The number of hydrogen-bond acceptors (Lipinski definition) is 4. The monoisotopic (exact) mass is 437 g/mol. The number of aliphatic carboxylic acids is 2. The van der Waals surface area contributed by atoms with Crippen LogP contribution in [0.4, 0.5) is 0 Å². The van der Waals surface area contributed by atoms with Crippen molar-refractivity contribution >= 4 is 17.8 Å². The van der Waals surface area contributed by atoms with Gasteiger partial charge in [-0.2, -0.15) is 0 Å². The minimum Gasteiger partial charge on any atom is -0.548 e. The van der Waals surface area contributed by atoms with Crippen molar-refractivity contribution in [2.75, 3.05) is 6.54 Å². The van der Waals surface area contributed by atoms with Crippen molar-refractivity contribution in [2.45, 2.75) is 116 Å². The minimum absolute atomic E-state index is 0. The van der Waals surface area contributed by atoms with E-state index in [0.29, 0.717) is 13.0 Å². The summed E-state index contributed by atoms with van der Waals surface area (Å²) >= 11 is 0. The molecule has 0 fully saturated rings. The molecule has 1 amide bonds. The van der Waals surface area contributed by atoms with E-state index in [4.69, 9.17) is 5.11 Å². The van der Waals surface area contributed by atoms with Gasteiger partial charge in [0.2, 0.25) is 5.91 Å². The third-order valence-electron chi connectivity index (χ3n) is 5.10. The zero-order valence-corrected chi connectivity index (χ0v) is 22.0. The van der Waals surface area contributed by atoms with Crippen LogP contribution in [0.15, 0.2) is 0 Å². The van der Waals surface area contributed by atoms with Crippen molar-refractivity contribution in [3.05, 3.63) is 0 Å². The zero-order valence-electron chi connectivity index (χ0n) is 18.9. The second kappa shape index (κ2) is 21.3. The van der Waals surface area contributed by atoms with Gasteiger partial charge in [0.15, 0.2) is 0 Å². The van der Waals surface area contributed by atoms with Gasteiger partial charge in [0.25, 0.3) is 0 Å². The molecular weight excluding hydrogens is 397 g/mol. The number of amides is 1. The second-order valence-corrected chi connectivity index (χ2v) is 7.64. The Balaban J connectivity index is 0. The molecule has 1 atom stereocenters. The molecule has 0 saturated carbocycles. The SMILES string of the molecule is CCCCCCCCCCCC(=O)N(CCCCC)[C@@H](CCC(=O)O)C(=O)[O-].[K+]. The number of nitrogens with zero attached hydrogens (tertiary/aromatic N) is 1. The maximum Gasteiger partial charge on any atom is 1.00 e. The van der Waals surface area contributed by atoms with E-state index < -0.39 is 18.0 Å². The van der Waals surface area contributed by atoms with Gasteiger partial charge in [-0.15, -0.1) is 0 Å². The normalized spacial score (nSPS) is 11.5. The summed E-state index contributed by atoms with van der Waals surface area (Å²) in [5.41, 5.74) is 0. The summed E-state index contributed by atoms with van der Waals surface area (Å²) in [4.78, 5) is 36.3. The number of hydrogen-bond donors (Lipinski definition) is 1. The molecule has 29 heavy (non-hydrogen) atoms. The van der Waals surface area contributed by atoms with Crippen molar-refractivity contribution in [1.82, 2.24) is 4.90 Å². The van der Waals surface area contributed by atoms with Gasteiger partial charge in [0, 0.05) is 19.4 Å². The Morgan fingerprint density at radius 3 is 1.76 bits per heavy atom. The van der Waals surface area contributed by atoms with Gasteiger partial charge in [-0.25, -0.2) is 0 Å². The first-order chi connectivity index (χ1) is 13.4. The molecular formula is C22H40KNO5. The third-order valence-corrected chi connectivity index (χ3v) is 5.10. The number of carboxylic acids is 2. The maximum absolute atomic E-state index is 12.6. The molecule has 1 N–H and O–H groups in total. The van der Waals surface area contributed by atoms with Crippen molar-refractivity contribution in [2.24, 2.45) is 0 Å². The fourth-order valence-corrected chi connectivity index (χ4v) is 3.38. The van der Waals surface area contributed by atoms with Crippen LogP contribution in [-0.4, -0.2) is 40.4 Å². The van der Waals surface area contributed by atoms with Crippen molar-refractivity contribution < 1.29 is 76.0 Å². The van der Waals surface area contributed by atoms with Gasteiger partial charge in [-0.3, -0.25) is 9.59 Å². The largest absolute Gasteiger partial charge is 1.00 e. The molecule has 0 unspecified atom stereocenters. The molecule has 0 aromatic rings. The summed E-state index contributed by atoms with van der Waals surface area (Å²) in [5, 5.41) is 20.4. The predicted octanol–water partition coefficient (Wildman–Crippen LogP) is 0.913. The summed E-state index contributed by atoms with van der Waals surface area (Å²) in [5.74, 6) is -2.62. The summed E-state index contributed by atoms with van der Waals surface area (Å²) in [7, 11) is 0. The molecule has 0 aliphatic rings. The Morgan fingerprint density at radius 2 is 1.28 bits per heavy atom. The first-order valence-electron chi connectivity index (χ1n) is 11.2. The first kappa shape index (κ1) is 31.2. The number of carbonyl (C=O) groups excluding carboxylic acids is 2. The van der Waals surface area contributed by atoms with Gasteiger partial charge >= 0.3 is 57.4 Å². The molecule has 0 aliphatic carbocycles. The molecule has 0 heterocycles. The van der Waals surface area contributed by atoms with E-state index in [0.717, 1.165) is 38.5 Å². The predicted molar refractivity (Wildman–Crippen MR) is 109 cm³/mol. The van der Waals surface area contributed by atoms with E-state index in [9.17, 15) is 19.5 Å². The van der Waals surface area contributed by atoms with E-state index in [-0.39, 0.29) is 70.1 Å². The van der Waals surface area contributed by atoms with Crippen LogP contribution >= 0.6 is 0 Å². The van der Waals surface area contributed by atoms with Crippen LogP contribution in [0.5, 0.6) is 0 Å². The molecule has 0 rings (SSSR count). The first-order valence-corrected chi connectivity index (χ1v) is 11.2. The van der Waals surface area contributed by atoms with Crippen LogP contribution in [0.25, 0.3) is 0 Å². The summed E-state index contributed by atoms with van der Waals surface area (Å²) in [6, 6.07) is -1.15. The van der Waals surface area contributed by atoms with E-state index in [2.05, 4.69) is 6.92 Å². The molecule has 164 valence electrons. The fourth-order valence-electron chi connectivity index (χ4n) is 3.38. The molecule has 0 saturated heterocycles. The number of rotatable bonds is 19. The Labute approximate surface area is 219 Å². The van der Waals surface area contributed by atoms with Gasteiger partial charge in [0.05, 0.1) is 12.0 Å². The van der Waals surface area contributed by atoms with Gasteiger partial charge in [-0.1, -0.05) is 78.1 Å².